The Balaban J connectivity index is 1.38. The van der Waals surface area contributed by atoms with Crippen LogP contribution in [0, 0.1) is 6.92 Å². The molecule has 164 valence electrons. The first kappa shape index (κ1) is 20.8. The number of rotatable bonds is 4. The lowest BCUT2D eigenvalue weighted by Crippen LogP contribution is -2.49. The maximum absolute atomic E-state index is 13.0. The maximum atomic E-state index is 13.0. The molecule has 0 radical (unpaired) electrons. The minimum Gasteiger partial charge on any atom is -0.352 e. The van der Waals surface area contributed by atoms with E-state index in [0.717, 1.165) is 11.3 Å². The van der Waals surface area contributed by atoms with E-state index in [9.17, 15) is 8.42 Å². The summed E-state index contributed by atoms with van der Waals surface area (Å²) in [6.07, 6.45) is 1.49. The molecule has 2 aromatic heterocycles. The van der Waals surface area contributed by atoms with Crippen LogP contribution in [-0.2, 0) is 10.0 Å². The van der Waals surface area contributed by atoms with Crippen molar-refractivity contribution >= 4 is 38.6 Å². The number of sulfonamides is 1. The summed E-state index contributed by atoms with van der Waals surface area (Å²) in [5.74, 6) is 0.650. The van der Waals surface area contributed by atoms with Crippen LogP contribution in [0.2, 0.25) is 5.02 Å². The summed E-state index contributed by atoms with van der Waals surface area (Å²) in [6, 6.07) is 14.2. The number of fused-ring (bicyclic) bond motifs is 1. The molecular formula is C21H20ClN7O2S. The van der Waals surface area contributed by atoms with Gasteiger partial charge in [0.2, 0.25) is 10.0 Å². The Bertz CT molecular complexity index is 1360. The molecule has 0 atom stereocenters. The summed E-state index contributed by atoms with van der Waals surface area (Å²) >= 11 is 5.89. The van der Waals surface area contributed by atoms with Gasteiger partial charge in [-0.3, -0.25) is 0 Å². The maximum Gasteiger partial charge on any atom is 0.243 e. The number of piperazine rings is 1. The highest BCUT2D eigenvalue weighted by molar-refractivity contribution is 7.89. The number of halogens is 1. The third-order valence-corrected chi connectivity index (χ3v) is 7.65. The monoisotopic (exact) mass is 469 g/mol. The zero-order valence-electron chi connectivity index (χ0n) is 17.3. The van der Waals surface area contributed by atoms with Crippen molar-refractivity contribution in [2.75, 3.05) is 31.1 Å². The lowest BCUT2D eigenvalue weighted by atomic mass is 10.2. The van der Waals surface area contributed by atoms with Gasteiger partial charge < -0.3 is 4.90 Å². The minimum absolute atomic E-state index is 0.237. The highest BCUT2D eigenvalue weighted by Gasteiger charge is 2.30. The van der Waals surface area contributed by atoms with Crippen molar-refractivity contribution in [3.05, 3.63) is 65.4 Å². The molecule has 1 aliphatic heterocycles. The molecule has 1 fully saturated rings. The van der Waals surface area contributed by atoms with Gasteiger partial charge in [-0.15, -0.1) is 5.10 Å². The number of hydrogen-bond acceptors (Lipinski definition) is 7. The number of aryl methyl sites for hydroxylation is 1. The van der Waals surface area contributed by atoms with Crippen molar-refractivity contribution in [1.29, 1.82) is 0 Å². The van der Waals surface area contributed by atoms with Crippen LogP contribution < -0.4 is 4.90 Å². The Labute approximate surface area is 190 Å². The van der Waals surface area contributed by atoms with E-state index in [1.807, 2.05) is 36.1 Å². The van der Waals surface area contributed by atoms with E-state index >= 15 is 0 Å². The van der Waals surface area contributed by atoms with Crippen molar-refractivity contribution in [3.63, 3.8) is 0 Å². The van der Waals surface area contributed by atoms with Crippen molar-refractivity contribution < 1.29 is 8.42 Å². The SMILES string of the molecule is Cc1ccc(-n2nnc3c(N4CCN(S(=O)(=O)c5ccc(Cl)cc5)CC4)ncnc32)cc1. The van der Waals surface area contributed by atoms with Crippen LogP contribution in [0.15, 0.2) is 59.8 Å². The number of hydrogen-bond donors (Lipinski definition) is 0. The molecule has 0 N–H and O–H groups in total. The smallest absolute Gasteiger partial charge is 0.243 e. The van der Waals surface area contributed by atoms with Crippen molar-refractivity contribution in [3.8, 4) is 5.69 Å². The zero-order chi connectivity index (χ0) is 22.3. The predicted molar refractivity (Wildman–Crippen MR) is 122 cm³/mol. The van der Waals surface area contributed by atoms with E-state index in [1.54, 1.807) is 16.8 Å². The minimum atomic E-state index is -3.58. The molecule has 9 nitrogen and oxygen atoms in total. The van der Waals surface area contributed by atoms with Crippen molar-refractivity contribution in [2.24, 2.45) is 0 Å². The predicted octanol–water partition coefficient (Wildman–Crippen LogP) is 2.68. The van der Waals surface area contributed by atoms with Gasteiger partial charge in [0.1, 0.15) is 6.33 Å². The second-order valence-electron chi connectivity index (χ2n) is 7.55. The van der Waals surface area contributed by atoms with Crippen LogP contribution in [0.4, 0.5) is 5.82 Å². The first-order valence-corrected chi connectivity index (χ1v) is 11.9. The van der Waals surface area contributed by atoms with Gasteiger partial charge in [-0.25, -0.2) is 18.4 Å². The van der Waals surface area contributed by atoms with Gasteiger partial charge in [-0.2, -0.15) is 8.99 Å². The number of anilines is 1. The summed E-state index contributed by atoms with van der Waals surface area (Å²) in [4.78, 5) is 11.1. The standard InChI is InChI=1S/C21H20ClN7O2S/c1-15-2-6-17(7-3-15)29-21-19(25-26-29)20(23-14-24-21)27-10-12-28(13-11-27)32(30,31)18-8-4-16(22)5-9-18/h2-9,14H,10-13H2,1H3. The fourth-order valence-corrected chi connectivity index (χ4v) is 5.27. The zero-order valence-corrected chi connectivity index (χ0v) is 18.8. The van der Waals surface area contributed by atoms with E-state index in [4.69, 9.17) is 11.6 Å². The van der Waals surface area contributed by atoms with E-state index in [-0.39, 0.29) is 4.90 Å². The second kappa shape index (κ2) is 8.12. The molecule has 32 heavy (non-hydrogen) atoms. The Morgan fingerprint density at radius 1 is 0.906 bits per heavy atom. The molecule has 0 spiro atoms. The molecule has 1 aliphatic rings. The van der Waals surface area contributed by atoms with Gasteiger partial charge in [0.15, 0.2) is 17.0 Å². The van der Waals surface area contributed by atoms with Gasteiger partial charge in [0.25, 0.3) is 0 Å². The number of aromatic nitrogens is 5. The van der Waals surface area contributed by atoms with Gasteiger partial charge >= 0.3 is 0 Å². The average Bonchev–Trinajstić information content (AvgIpc) is 3.24. The first-order chi connectivity index (χ1) is 15.4. The fourth-order valence-electron chi connectivity index (χ4n) is 3.72. The van der Waals surface area contributed by atoms with Crippen LogP contribution >= 0.6 is 11.6 Å². The van der Waals surface area contributed by atoms with E-state index in [2.05, 4.69) is 20.3 Å². The number of nitrogens with zero attached hydrogens (tertiary/aromatic N) is 7. The molecular weight excluding hydrogens is 450 g/mol. The van der Waals surface area contributed by atoms with Gasteiger partial charge in [0, 0.05) is 31.2 Å². The number of benzene rings is 2. The molecule has 11 heteroatoms. The molecule has 2 aromatic carbocycles. The molecule has 0 amide bonds. The topological polar surface area (TPSA) is 97.1 Å². The lowest BCUT2D eigenvalue weighted by Gasteiger charge is -2.34. The largest absolute Gasteiger partial charge is 0.352 e. The molecule has 0 aliphatic carbocycles. The Kier molecular flexibility index (Phi) is 5.28. The summed E-state index contributed by atoms with van der Waals surface area (Å²) in [5.41, 5.74) is 3.21. The second-order valence-corrected chi connectivity index (χ2v) is 9.93. The van der Waals surface area contributed by atoms with Gasteiger partial charge in [0.05, 0.1) is 10.6 Å². The van der Waals surface area contributed by atoms with Crippen LogP contribution in [0.1, 0.15) is 5.56 Å². The fraction of sp³-hybridized carbons (Fsp3) is 0.238. The van der Waals surface area contributed by atoms with Crippen LogP contribution in [0.3, 0.4) is 0 Å². The molecule has 0 unspecified atom stereocenters. The third kappa shape index (κ3) is 3.70. The quantitative estimate of drug-likeness (QED) is 0.453. The highest BCUT2D eigenvalue weighted by atomic mass is 35.5. The van der Waals surface area contributed by atoms with Crippen molar-refractivity contribution in [1.82, 2.24) is 29.3 Å². The van der Waals surface area contributed by atoms with E-state index in [1.165, 1.54) is 22.8 Å². The van der Waals surface area contributed by atoms with Crippen LogP contribution in [0.5, 0.6) is 0 Å². The molecule has 3 heterocycles. The molecule has 0 saturated carbocycles. The Morgan fingerprint density at radius 2 is 1.59 bits per heavy atom. The summed E-state index contributed by atoms with van der Waals surface area (Å²) < 4.78 is 29.1. The Hall–Kier alpha value is -3.08. The van der Waals surface area contributed by atoms with Crippen LogP contribution in [0.25, 0.3) is 16.9 Å². The molecule has 4 aromatic rings. The average molecular weight is 470 g/mol. The highest BCUT2D eigenvalue weighted by Crippen LogP contribution is 2.25. The summed E-state index contributed by atoms with van der Waals surface area (Å²) in [7, 11) is -3.58. The molecule has 1 saturated heterocycles. The van der Waals surface area contributed by atoms with Gasteiger partial charge in [-0.05, 0) is 43.3 Å². The van der Waals surface area contributed by atoms with Crippen LogP contribution in [-0.4, -0.2) is 63.9 Å². The first-order valence-electron chi connectivity index (χ1n) is 10.1. The van der Waals surface area contributed by atoms with Gasteiger partial charge in [-0.1, -0.05) is 34.5 Å². The molecule has 5 rings (SSSR count). The summed E-state index contributed by atoms with van der Waals surface area (Å²) in [5, 5.41) is 9.09. The van der Waals surface area contributed by atoms with Crippen molar-refractivity contribution in [2.45, 2.75) is 11.8 Å². The lowest BCUT2D eigenvalue weighted by molar-refractivity contribution is 0.384. The van der Waals surface area contributed by atoms with E-state index < -0.39 is 10.0 Å². The van der Waals surface area contributed by atoms with E-state index in [0.29, 0.717) is 48.2 Å². The molecule has 0 bridgehead atoms. The third-order valence-electron chi connectivity index (χ3n) is 5.49. The Morgan fingerprint density at radius 3 is 2.28 bits per heavy atom. The normalized spacial score (nSPS) is 15.4. The summed E-state index contributed by atoms with van der Waals surface area (Å²) in [6.45, 7) is 3.66.